The Labute approximate surface area is 149 Å². The van der Waals surface area contributed by atoms with Crippen molar-refractivity contribution in [3.8, 4) is 0 Å². The standard InChI is InChI=1S/C17H16ClFN4O2/c18-12-2-1-3-13(19)15(12)17(25)23-8-4-11(5-9-23)22-16(24)14-10-20-6-7-21-14/h1-3,6-7,10-11H,4-5,8-9H2,(H,22,24). The maximum absolute atomic E-state index is 13.9. The third kappa shape index (κ3) is 3.93. The first-order valence-electron chi connectivity index (χ1n) is 7.86. The number of hydrogen-bond donors (Lipinski definition) is 1. The molecule has 2 aromatic rings. The number of carbonyl (C=O) groups excluding carboxylic acids is 2. The highest BCUT2D eigenvalue weighted by atomic mass is 35.5. The summed E-state index contributed by atoms with van der Waals surface area (Å²) >= 11 is 5.95. The van der Waals surface area contributed by atoms with Crippen molar-refractivity contribution in [3.05, 3.63) is 58.9 Å². The van der Waals surface area contributed by atoms with Gasteiger partial charge in [0.05, 0.1) is 16.8 Å². The summed E-state index contributed by atoms with van der Waals surface area (Å²) in [4.78, 5) is 33.9. The maximum atomic E-state index is 13.9. The minimum absolute atomic E-state index is 0.0744. The first-order valence-corrected chi connectivity index (χ1v) is 8.24. The summed E-state index contributed by atoms with van der Waals surface area (Å²) in [6.07, 6.45) is 5.49. The number of nitrogens with zero attached hydrogens (tertiary/aromatic N) is 3. The van der Waals surface area contributed by atoms with Gasteiger partial charge in [-0.15, -0.1) is 0 Å². The molecule has 3 rings (SSSR count). The van der Waals surface area contributed by atoms with E-state index in [1.54, 1.807) is 4.90 Å². The molecule has 130 valence electrons. The van der Waals surface area contributed by atoms with Gasteiger partial charge in [-0.05, 0) is 25.0 Å². The number of amides is 2. The Morgan fingerprint density at radius 3 is 2.64 bits per heavy atom. The maximum Gasteiger partial charge on any atom is 0.271 e. The molecule has 1 aliphatic heterocycles. The summed E-state index contributed by atoms with van der Waals surface area (Å²) in [6, 6.07) is 4.09. The number of likely N-dealkylation sites (tertiary alicyclic amines) is 1. The Balaban J connectivity index is 1.59. The number of piperidine rings is 1. The zero-order chi connectivity index (χ0) is 17.8. The van der Waals surface area contributed by atoms with E-state index < -0.39 is 11.7 Å². The van der Waals surface area contributed by atoms with Gasteiger partial charge in [0.2, 0.25) is 0 Å². The van der Waals surface area contributed by atoms with E-state index in [0.29, 0.717) is 25.9 Å². The van der Waals surface area contributed by atoms with Crippen molar-refractivity contribution in [3.63, 3.8) is 0 Å². The van der Waals surface area contributed by atoms with Crippen LogP contribution in [0.2, 0.25) is 5.02 Å². The summed E-state index contributed by atoms with van der Waals surface area (Å²) in [7, 11) is 0. The van der Waals surface area contributed by atoms with Gasteiger partial charge in [-0.3, -0.25) is 14.6 Å². The second kappa shape index (κ2) is 7.57. The van der Waals surface area contributed by atoms with E-state index in [9.17, 15) is 14.0 Å². The fraction of sp³-hybridized carbons (Fsp3) is 0.294. The van der Waals surface area contributed by atoms with Gasteiger partial charge in [-0.1, -0.05) is 17.7 Å². The molecule has 0 aliphatic carbocycles. The Morgan fingerprint density at radius 2 is 2.00 bits per heavy atom. The average Bonchev–Trinajstić information content (AvgIpc) is 2.63. The fourth-order valence-corrected chi connectivity index (χ4v) is 3.01. The molecule has 1 saturated heterocycles. The zero-order valence-corrected chi connectivity index (χ0v) is 14.0. The van der Waals surface area contributed by atoms with Gasteiger partial charge in [0.1, 0.15) is 11.5 Å². The topological polar surface area (TPSA) is 75.2 Å². The molecule has 0 spiro atoms. The quantitative estimate of drug-likeness (QED) is 0.909. The molecule has 0 bridgehead atoms. The SMILES string of the molecule is O=C(NC1CCN(C(=O)c2c(F)cccc2Cl)CC1)c1cnccn1. The number of hydrogen-bond acceptors (Lipinski definition) is 4. The van der Waals surface area contributed by atoms with Crippen molar-refractivity contribution < 1.29 is 14.0 Å². The van der Waals surface area contributed by atoms with Crippen LogP contribution in [-0.4, -0.2) is 45.8 Å². The van der Waals surface area contributed by atoms with E-state index in [0.717, 1.165) is 0 Å². The molecular weight excluding hydrogens is 347 g/mol. The lowest BCUT2D eigenvalue weighted by Gasteiger charge is -2.32. The molecule has 0 atom stereocenters. The molecule has 1 aromatic carbocycles. The van der Waals surface area contributed by atoms with Crippen LogP contribution in [0.15, 0.2) is 36.8 Å². The number of halogens is 2. The van der Waals surface area contributed by atoms with Crippen LogP contribution >= 0.6 is 11.6 Å². The number of benzene rings is 1. The second-order valence-electron chi connectivity index (χ2n) is 5.73. The number of aromatic nitrogens is 2. The van der Waals surface area contributed by atoms with E-state index in [2.05, 4.69) is 15.3 Å². The predicted molar refractivity (Wildman–Crippen MR) is 89.8 cm³/mol. The lowest BCUT2D eigenvalue weighted by atomic mass is 10.0. The fourth-order valence-electron chi connectivity index (χ4n) is 2.76. The zero-order valence-electron chi connectivity index (χ0n) is 13.3. The van der Waals surface area contributed by atoms with Crippen molar-refractivity contribution >= 4 is 23.4 Å². The molecule has 8 heteroatoms. The lowest BCUT2D eigenvalue weighted by Crippen LogP contribution is -2.46. The molecular formula is C17H16ClFN4O2. The van der Waals surface area contributed by atoms with Crippen LogP contribution in [0, 0.1) is 5.82 Å². The van der Waals surface area contributed by atoms with Gasteiger partial charge < -0.3 is 10.2 Å². The highest BCUT2D eigenvalue weighted by Crippen LogP contribution is 2.22. The Kier molecular flexibility index (Phi) is 5.23. The molecule has 1 fully saturated rings. The minimum atomic E-state index is -0.629. The number of rotatable bonds is 3. The van der Waals surface area contributed by atoms with Crippen LogP contribution in [0.3, 0.4) is 0 Å². The second-order valence-corrected chi connectivity index (χ2v) is 6.13. The van der Waals surface area contributed by atoms with Gasteiger partial charge in [0, 0.05) is 31.5 Å². The first kappa shape index (κ1) is 17.3. The summed E-state index contributed by atoms with van der Waals surface area (Å²) < 4.78 is 13.9. The van der Waals surface area contributed by atoms with Crippen molar-refractivity contribution in [2.24, 2.45) is 0 Å². The minimum Gasteiger partial charge on any atom is -0.348 e. The Bertz CT molecular complexity index is 759. The molecule has 6 nitrogen and oxygen atoms in total. The van der Waals surface area contributed by atoms with Gasteiger partial charge in [-0.2, -0.15) is 0 Å². The third-order valence-electron chi connectivity index (χ3n) is 4.09. The van der Waals surface area contributed by atoms with Crippen molar-refractivity contribution in [2.75, 3.05) is 13.1 Å². The summed E-state index contributed by atoms with van der Waals surface area (Å²) in [5.74, 6) is -1.35. The van der Waals surface area contributed by atoms with Crippen LogP contribution in [0.25, 0.3) is 0 Å². The monoisotopic (exact) mass is 362 g/mol. The number of carbonyl (C=O) groups is 2. The van der Waals surface area contributed by atoms with E-state index in [4.69, 9.17) is 11.6 Å². The van der Waals surface area contributed by atoms with Crippen LogP contribution in [-0.2, 0) is 0 Å². The van der Waals surface area contributed by atoms with Crippen LogP contribution in [0.1, 0.15) is 33.7 Å². The van der Waals surface area contributed by atoms with Gasteiger partial charge in [0.25, 0.3) is 11.8 Å². The largest absolute Gasteiger partial charge is 0.348 e. The van der Waals surface area contributed by atoms with Gasteiger partial charge in [-0.25, -0.2) is 9.37 Å². The van der Waals surface area contributed by atoms with Gasteiger partial charge >= 0.3 is 0 Å². The van der Waals surface area contributed by atoms with E-state index in [1.807, 2.05) is 0 Å². The molecule has 0 unspecified atom stereocenters. The molecule has 1 aromatic heterocycles. The average molecular weight is 363 g/mol. The molecule has 1 N–H and O–H groups in total. The molecule has 25 heavy (non-hydrogen) atoms. The first-order chi connectivity index (χ1) is 12.1. The normalized spacial score (nSPS) is 15.0. The summed E-state index contributed by atoms with van der Waals surface area (Å²) in [6.45, 7) is 0.823. The molecule has 1 aliphatic rings. The predicted octanol–water partition coefficient (Wildman–Crippen LogP) is 2.30. The highest BCUT2D eigenvalue weighted by molar-refractivity contribution is 6.33. The Morgan fingerprint density at radius 1 is 1.24 bits per heavy atom. The molecule has 0 saturated carbocycles. The highest BCUT2D eigenvalue weighted by Gasteiger charge is 2.27. The molecule has 2 amide bonds. The van der Waals surface area contributed by atoms with Crippen LogP contribution in [0.4, 0.5) is 4.39 Å². The molecule has 2 heterocycles. The lowest BCUT2D eigenvalue weighted by molar-refractivity contribution is 0.0693. The third-order valence-corrected chi connectivity index (χ3v) is 4.40. The van der Waals surface area contributed by atoms with Gasteiger partial charge in [0.15, 0.2) is 0 Å². The Hall–Kier alpha value is -2.54. The number of nitrogens with one attached hydrogen (secondary N) is 1. The smallest absolute Gasteiger partial charge is 0.271 e. The van der Waals surface area contributed by atoms with Crippen molar-refractivity contribution in [1.29, 1.82) is 0 Å². The van der Waals surface area contributed by atoms with Crippen molar-refractivity contribution in [2.45, 2.75) is 18.9 Å². The van der Waals surface area contributed by atoms with E-state index in [1.165, 1.54) is 36.8 Å². The summed E-state index contributed by atoms with van der Waals surface area (Å²) in [5, 5.41) is 2.98. The van der Waals surface area contributed by atoms with Crippen LogP contribution < -0.4 is 5.32 Å². The summed E-state index contributed by atoms with van der Waals surface area (Å²) in [5.41, 5.74) is 0.144. The molecule has 0 radical (unpaired) electrons. The van der Waals surface area contributed by atoms with E-state index >= 15 is 0 Å². The van der Waals surface area contributed by atoms with Crippen LogP contribution in [0.5, 0.6) is 0 Å². The van der Waals surface area contributed by atoms with E-state index in [-0.39, 0.29) is 28.2 Å². The van der Waals surface area contributed by atoms with Crippen molar-refractivity contribution in [1.82, 2.24) is 20.2 Å².